The number of hydrogen-bond donors (Lipinski definition) is 1. The summed E-state index contributed by atoms with van der Waals surface area (Å²) in [6.45, 7) is 0. The molecule has 0 unspecified atom stereocenters. The largest absolute Gasteiger partial charge is 0.465 e. The molecule has 1 heterocycles. The Bertz CT molecular complexity index is 553. The molecule has 0 saturated carbocycles. The Hall–Kier alpha value is -2.36. The Kier molecular flexibility index (Phi) is 3.05. The summed E-state index contributed by atoms with van der Waals surface area (Å²) in [5, 5.41) is 0. The first-order chi connectivity index (χ1) is 8.22. The molecule has 1 aromatic heterocycles. The summed E-state index contributed by atoms with van der Waals surface area (Å²) < 4.78 is 4.67. The number of nitrogen functional groups attached to an aromatic ring is 1. The highest BCUT2D eigenvalue weighted by Gasteiger charge is 2.08. The molecule has 4 heteroatoms. The van der Waals surface area contributed by atoms with Crippen molar-refractivity contribution < 1.29 is 9.53 Å². The van der Waals surface area contributed by atoms with Crippen LogP contribution in [0, 0.1) is 0 Å². The second kappa shape index (κ2) is 4.65. The molecule has 4 nitrogen and oxygen atoms in total. The van der Waals surface area contributed by atoms with Gasteiger partial charge in [-0.2, -0.15) is 0 Å². The zero-order valence-corrected chi connectivity index (χ0v) is 9.38. The molecule has 86 valence electrons. The van der Waals surface area contributed by atoms with E-state index in [1.807, 2.05) is 6.07 Å². The lowest BCUT2D eigenvalue weighted by Gasteiger charge is -2.05. The smallest absolute Gasteiger partial charge is 0.337 e. The van der Waals surface area contributed by atoms with Gasteiger partial charge in [-0.15, -0.1) is 0 Å². The van der Waals surface area contributed by atoms with Crippen LogP contribution in [0.15, 0.2) is 42.6 Å². The Labute approximate surface area is 99.1 Å². The third-order valence-electron chi connectivity index (χ3n) is 2.40. The highest BCUT2D eigenvalue weighted by atomic mass is 16.5. The highest BCUT2D eigenvalue weighted by molar-refractivity contribution is 5.91. The Morgan fingerprint density at radius 3 is 2.82 bits per heavy atom. The summed E-state index contributed by atoms with van der Waals surface area (Å²) in [4.78, 5) is 15.6. The van der Waals surface area contributed by atoms with E-state index in [1.165, 1.54) is 7.11 Å². The Morgan fingerprint density at radius 2 is 2.12 bits per heavy atom. The molecule has 0 amide bonds. The molecule has 0 spiro atoms. The molecule has 2 N–H and O–H groups in total. The van der Waals surface area contributed by atoms with Crippen LogP contribution in [0.1, 0.15) is 10.4 Å². The van der Waals surface area contributed by atoms with Gasteiger partial charge < -0.3 is 10.5 Å². The number of esters is 1. The van der Waals surface area contributed by atoms with Crippen LogP contribution in [0.25, 0.3) is 11.3 Å². The number of aromatic nitrogens is 1. The van der Waals surface area contributed by atoms with E-state index in [0.717, 1.165) is 5.56 Å². The second-order valence-electron chi connectivity index (χ2n) is 3.51. The van der Waals surface area contributed by atoms with Crippen molar-refractivity contribution in [3.63, 3.8) is 0 Å². The molecule has 17 heavy (non-hydrogen) atoms. The Morgan fingerprint density at radius 1 is 1.29 bits per heavy atom. The van der Waals surface area contributed by atoms with E-state index in [2.05, 4.69) is 9.72 Å². The fourth-order valence-corrected chi connectivity index (χ4v) is 1.57. The number of hydrogen-bond acceptors (Lipinski definition) is 4. The molecule has 0 radical (unpaired) electrons. The van der Waals surface area contributed by atoms with Crippen LogP contribution in [0.5, 0.6) is 0 Å². The Balaban J connectivity index is 2.47. The quantitative estimate of drug-likeness (QED) is 0.799. The summed E-state index contributed by atoms with van der Waals surface area (Å²) in [6, 6.07) is 10.6. The van der Waals surface area contributed by atoms with Crippen LogP contribution in [0.3, 0.4) is 0 Å². The number of carbonyl (C=O) groups is 1. The van der Waals surface area contributed by atoms with Crippen molar-refractivity contribution in [3.05, 3.63) is 48.2 Å². The number of benzene rings is 1. The first kappa shape index (κ1) is 11.1. The van der Waals surface area contributed by atoms with E-state index in [-0.39, 0.29) is 5.97 Å². The number of pyridine rings is 1. The van der Waals surface area contributed by atoms with Crippen LogP contribution in [-0.4, -0.2) is 18.1 Å². The standard InChI is InChI=1S/C13H12N2O2/c1-17-13(16)10-5-2-4-9(8-10)12-11(14)6-3-7-15-12/h2-8H,14H2,1H3. The van der Waals surface area contributed by atoms with Gasteiger partial charge in [0.2, 0.25) is 0 Å². The van der Waals surface area contributed by atoms with Crippen molar-refractivity contribution in [1.29, 1.82) is 0 Å². The van der Waals surface area contributed by atoms with Gasteiger partial charge in [0, 0.05) is 11.8 Å². The molecule has 1 aromatic carbocycles. The van der Waals surface area contributed by atoms with E-state index in [1.54, 1.807) is 36.5 Å². The first-order valence-electron chi connectivity index (χ1n) is 5.11. The molecule has 0 aliphatic rings. The first-order valence-corrected chi connectivity index (χ1v) is 5.11. The maximum Gasteiger partial charge on any atom is 0.337 e. The molecule has 0 saturated heterocycles. The summed E-state index contributed by atoms with van der Waals surface area (Å²) >= 11 is 0. The molecule has 0 aliphatic heterocycles. The molecule has 2 aromatic rings. The van der Waals surface area contributed by atoms with Gasteiger partial charge in [-0.25, -0.2) is 4.79 Å². The number of ether oxygens (including phenoxy) is 1. The van der Waals surface area contributed by atoms with Crippen molar-refractivity contribution >= 4 is 11.7 Å². The molecule has 0 aliphatic carbocycles. The lowest BCUT2D eigenvalue weighted by Crippen LogP contribution is -2.01. The maximum atomic E-state index is 11.4. The van der Waals surface area contributed by atoms with E-state index in [4.69, 9.17) is 5.73 Å². The number of nitrogens with zero attached hydrogens (tertiary/aromatic N) is 1. The van der Waals surface area contributed by atoms with E-state index in [0.29, 0.717) is 16.9 Å². The predicted octanol–water partition coefficient (Wildman–Crippen LogP) is 2.12. The average molecular weight is 228 g/mol. The zero-order chi connectivity index (χ0) is 12.3. The summed E-state index contributed by atoms with van der Waals surface area (Å²) in [7, 11) is 1.35. The third kappa shape index (κ3) is 2.25. The van der Waals surface area contributed by atoms with Crippen molar-refractivity contribution in [2.24, 2.45) is 0 Å². The van der Waals surface area contributed by atoms with E-state index < -0.39 is 0 Å². The topological polar surface area (TPSA) is 65.2 Å². The minimum Gasteiger partial charge on any atom is -0.465 e. The van der Waals surface area contributed by atoms with Crippen LogP contribution in [0.2, 0.25) is 0 Å². The van der Waals surface area contributed by atoms with Crippen molar-refractivity contribution in [2.45, 2.75) is 0 Å². The van der Waals surface area contributed by atoms with Gasteiger partial charge in [-0.05, 0) is 24.3 Å². The van der Waals surface area contributed by atoms with Gasteiger partial charge in [-0.1, -0.05) is 12.1 Å². The van der Waals surface area contributed by atoms with Gasteiger partial charge in [0.05, 0.1) is 24.1 Å². The fourth-order valence-electron chi connectivity index (χ4n) is 1.57. The zero-order valence-electron chi connectivity index (χ0n) is 9.38. The summed E-state index contributed by atoms with van der Waals surface area (Å²) in [5.41, 5.74) is 8.35. The van der Waals surface area contributed by atoms with Crippen molar-refractivity contribution in [2.75, 3.05) is 12.8 Å². The summed E-state index contributed by atoms with van der Waals surface area (Å²) in [5.74, 6) is -0.374. The molecule has 0 atom stereocenters. The minimum absolute atomic E-state index is 0.374. The number of rotatable bonds is 2. The lowest BCUT2D eigenvalue weighted by molar-refractivity contribution is 0.0601. The van der Waals surface area contributed by atoms with E-state index in [9.17, 15) is 4.79 Å². The van der Waals surface area contributed by atoms with Crippen LogP contribution >= 0.6 is 0 Å². The van der Waals surface area contributed by atoms with Crippen LogP contribution in [0.4, 0.5) is 5.69 Å². The number of carbonyl (C=O) groups excluding carboxylic acids is 1. The van der Waals surface area contributed by atoms with Gasteiger partial charge in [-0.3, -0.25) is 4.98 Å². The SMILES string of the molecule is COC(=O)c1cccc(-c2ncccc2N)c1. The number of anilines is 1. The predicted molar refractivity (Wildman–Crippen MR) is 65.4 cm³/mol. The fraction of sp³-hybridized carbons (Fsp3) is 0.0769. The maximum absolute atomic E-state index is 11.4. The minimum atomic E-state index is -0.374. The average Bonchev–Trinajstić information content (AvgIpc) is 2.38. The van der Waals surface area contributed by atoms with Gasteiger partial charge in [0.25, 0.3) is 0 Å². The number of methoxy groups -OCH3 is 1. The molecular weight excluding hydrogens is 216 g/mol. The number of nitrogens with two attached hydrogens (primary N) is 1. The lowest BCUT2D eigenvalue weighted by atomic mass is 10.1. The van der Waals surface area contributed by atoms with Crippen LogP contribution < -0.4 is 5.73 Å². The molecule has 0 bridgehead atoms. The van der Waals surface area contributed by atoms with Crippen LogP contribution in [-0.2, 0) is 4.74 Å². The molecule has 2 rings (SSSR count). The molecule has 0 fully saturated rings. The van der Waals surface area contributed by atoms with Gasteiger partial charge in [0.1, 0.15) is 0 Å². The normalized spacial score (nSPS) is 9.94. The van der Waals surface area contributed by atoms with Crippen molar-refractivity contribution in [1.82, 2.24) is 4.98 Å². The van der Waals surface area contributed by atoms with Crippen molar-refractivity contribution in [3.8, 4) is 11.3 Å². The second-order valence-corrected chi connectivity index (χ2v) is 3.51. The van der Waals surface area contributed by atoms with Gasteiger partial charge >= 0.3 is 5.97 Å². The van der Waals surface area contributed by atoms with Gasteiger partial charge in [0.15, 0.2) is 0 Å². The van der Waals surface area contributed by atoms with E-state index >= 15 is 0 Å². The molecular formula is C13H12N2O2. The summed E-state index contributed by atoms with van der Waals surface area (Å²) in [6.07, 6.45) is 1.66. The highest BCUT2D eigenvalue weighted by Crippen LogP contribution is 2.23. The monoisotopic (exact) mass is 228 g/mol. The third-order valence-corrected chi connectivity index (χ3v) is 2.40.